The van der Waals surface area contributed by atoms with Gasteiger partial charge in [-0.2, -0.15) is 0 Å². The summed E-state index contributed by atoms with van der Waals surface area (Å²) >= 11 is 0. The molecule has 0 aliphatic rings. The van der Waals surface area contributed by atoms with Crippen molar-refractivity contribution >= 4 is 5.97 Å². The SMILES string of the molecule is COC(C)c1c(C(=O)O)nnn1CC(C)C. The number of hydrogen-bond donors (Lipinski definition) is 1. The Morgan fingerprint density at radius 1 is 1.50 bits per heavy atom. The first-order valence-corrected chi connectivity index (χ1v) is 5.16. The van der Waals surface area contributed by atoms with Gasteiger partial charge in [0.1, 0.15) is 5.69 Å². The highest BCUT2D eigenvalue weighted by atomic mass is 16.5. The Labute approximate surface area is 94.2 Å². The monoisotopic (exact) mass is 227 g/mol. The molecule has 1 atom stereocenters. The number of hydrogen-bond acceptors (Lipinski definition) is 4. The molecule has 0 saturated carbocycles. The minimum absolute atomic E-state index is 0.0324. The molecular formula is C10H17N3O3. The van der Waals surface area contributed by atoms with Crippen LogP contribution in [0.2, 0.25) is 0 Å². The summed E-state index contributed by atoms with van der Waals surface area (Å²) in [4.78, 5) is 11.0. The first kappa shape index (κ1) is 12.6. The van der Waals surface area contributed by atoms with E-state index in [4.69, 9.17) is 9.84 Å². The summed E-state index contributed by atoms with van der Waals surface area (Å²) in [7, 11) is 1.53. The molecule has 90 valence electrons. The van der Waals surface area contributed by atoms with Crippen molar-refractivity contribution in [1.82, 2.24) is 15.0 Å². The van der Waals surface area contributed by atoms with Crippen molar-refractivity contribution < 1.29 is 14.6 Å². The maximum atomic E-state index is 11.0. The molecule has 0 spiro atoms. The van der Waals surface area contributed by atoms with E-state index in [1.54, 1.807) is 11.6 Å². The fraction of sp³-hybridized carbons (Fsp3) is 0.700. The third kappa shape index (κ3) is 2.57. The number of nitrogens with zero attached hydrogens (tertiary/aromatic N) is 3. The van der Waals surface area contributed by atoms with Crippen LogP contribution in [0.5, 0.6) is 0 Å². The van der Waals surface area contributed by atoms with Crippen LogP contribution in [0.3, 0.4) is 0 Å². The van der Waals surface area contributed by atoms with Crippen molar-refractivity contribution in [2.45, 2.75) is 33.4 Å². The van der Waals surface area contributed by atoms with Crippen molar-refractivity contribution in [3.63, 3.8) is 0 Å². The van der Waals surface area contributed by atoms with Crippen LogP contribution in [0, 0.1) is 5.92 Å². The molecule has 1 rings (SSSR count). The minimum Gasteiger partial charge on any atom is -0.476 e. The van der Waals surface area contributed by atoms with Crippen molar-refractivity contribution in [2.75, 3.05) is 7.11 Å². The van der Waals surface area contributed by atoms with E-state index < -0.39 is 5.97 Å². The average Bonchev–Trinajstić information content (AvgIpc) is 2.59. The summed E-state index contributed by atoms with van der Waals surface area (Å²) in [5.41, 5.74) is 0.485. The molecule has 1 aromatic rings. The van der Waals surface area contributed by atoms with Crippen LogP contribution in [-0.2, 0) is 11.3 Å². The van der Waals surface area contributed by atoms with Crippen molar-refractivity contribution in [3.05, 3.63) is 11.4 Å². The standard InChI is InChI=1S/C10H17N3O3/c1-6(2)5-13-9(7(3)16-4)8(10(14)15)11-12-13/h6-7H,5H2,1-4H3,(H,14,15). The van der Waals surface area contributed by atoms with E-state index in [1.807, 2.05) is 13.8 Å². The molecule has 0 aliphatic carbocycles. The van der Waals surface area contributed by atoms with Crippen LogP contribution in [0.15, 0.2) is 0 Å². The van der Waals surface area contributed by atoms with Gasteiger partial charge in [0.05, 0.1) is 6.10 Å². The Hall–Kier alpha value is -1.43. The van der Waals surface area contributed by atoms with Crippen molar-refractivity contribution in [3.8, 4) is 0 Å². The van der Waals surface area contributed by atoms with Crippen LogP contribution >= 0.6 is 0 Å². The number of aromatic nitrogens is 3. The molecule has 6 heteroatoms. The van der Waals surface area contributed by atoms with E-state index in [9.17, 15) is 4.79 Å². The van der Waals surface area contributed by atoms with Gasteiger partial charge in [0.15, 0.2) is 5.69 Å². The first-order valence-electron chi connectivity index (χ1n) is 5.16. The molecule has 0 radical (unpaired) electrons. The zero-order valence-electron chi connectivity index (χ0n) is 9.97. The Bertz CT molecular complexity index is 373. The molecular weight excluding hydrogens is 210 g/mol. The zero-order chi connectivity index (χ0) is 12.3. The quantitative estimate of drug-likeness (QED) is 0.821. The van der Waals surface area contributed by atoms with Gasteiger partial charge in [0.2, 0.25) is 0 Å². The summed E-state index contributed by atoms with van der Waals surface area (Å²) in [5.74, 6) is -0.708. The van der Waals surface area contributed by atoms with Gasteiger partial charge in [-0.3, -0.25) is 0 Å². The molecule has 0 amide bonds. The van der Waals surface area contributed by atoms with Gasteiger partial charge < -0.3 is 9.84 Å². The maximum Gasteiger partial charge on any atom is 0.358 e. The second kappa shape index (κ2) is 5.07. The highest BCUT2D eigenvalue weighted by molar-refractivity contribution is 5.86. The maximum absolute atomic E-state index is 11.0. The highest BCUT2D eigenvalue weighted by Crippen LogP contribution is 2.19. The topological polar surface area (TPSA) is 77.2 Å². The van der Waals surface area contributed by atoms with Gasteiger partial charge in [-0.05, 0) is 12.8 Å². The summed E-state index contributed by atoms with van der Waals surface area (Å²) in [6.07, 6.45) is -0.333. The van der Waals surface area contributed by atoms with E-state index in [0.717, 1.165) is 0 Å². The summed E-state index contributed by atoms with van der Waals surface area (Å²) in [5, 5.41) is 16.5. The Morgan fingerprint density at radius 3 is 2.56 bits per heavy atom. The smallest absolute Gasteiger partial charge is 0.358 e. The number of aromatic carboxylic acids is 1. The summed E-state index contributed by atoms with van der Waals surface area (Å²) < 4.78 is 6.74. The molecule has 1 heterocycles. The summed E-state index contributed by atoms with van der Waals surface area (Å²) in [6.45, 7) is 6.47. The fourth-order valence-electron chi connectivity index (χ4n) is 1.47. The molecule has 1 N–H and O–H groups in total. The van der Waals surface area contributed by atoms with Gasteiger partial charge >= 0.3 is 5.97 Å². The van der Waals surface area contributed by atoms with E-state index in [2.05, 4.69) is 10.3 Å². The number of rotatable bonds is 5. The van der Waals surface area contributed by atoms with Gasteiger partial charge in [-0.1, -0.05) is 19.1 Å². The summed E-state index contributed by atoms with van der Waals surface area (Å²) in [6, 6.07) is 0. The number of methoxy groups -OCH3 is 1. The molecule has 0 aromatic carbocycles. The average molecular weight is 227 g/mol. The molecule has 16 heavy (non-hydrogen) atoms. The lowest BCUT2D eigenvalue weighted by Crippen LogP contribution is -2.15. The molecule has 0 bridgehead atoms. The second-order valence-corrected chi connectivity index (χ2v) is 4.08. The Morgan fingerprint density at radius 2 is 2.12 bits per heavy atom. The van der Waals surface area contributed by atoms with E-state index in [0.29, 0.717) is 18.2 Å². The van der Waals surface area contributed by atoms with Gasteiger partial charge in [-0.25, -0.2) is 9.48 Å². The number of carboxylic acids is 1. The number of carbonyl (C=O) groups is 1. The first-order chi connectivity index (χ1) is 7.47. The fourth-order valence-corrected chi connectivity index (χ4v) is 1.47. The number of ether oxygens (including phenoxy) is 1. The lowest BCUT2D eigenvalue weighted by atomic mass is 10.2. The van der Waals surface area contributed by atoms with Crippen molar-refractivity contribution in [2.24, 2.45) is 5.92 Å². The molecule has 0 fully saturated rings. The van der Waals surface area contributed by atoms with Gasteiger partial charge in [0.25, 0.3) is 0 Å². The van der Waals surface area contributed by atoms with E-state index in [1.165, 1.54) is 7.11 Å². The van der Waals surface area contributed by atoms with E-state index >= 15 is 0 Å². The van der Waals surface area contributed by atoms with Gasteiger partial charge in [-0.15, -0.1) is 5.10 Å². The third-order valence-corrected chi connectivity index (χ3v) is 2.25. The van der Waals surface area contributed by atoms with Crippen LogP contribution < -0.4 is 0 Å². The molecule has 1 unspecified atom stereocenters. The Balaban J connectivity index is 3.14. The molecule has 0 saturated heterocycles. The zero-order valence-corrected chi connectivity index (χ0v) is 9.97. The van der Waals surface area contributed by atoms with Crippen LogP contribution in [0.4, 0.5) is 0 Å². The lowest BCUT2D eigenvalue weighted by Gasteiger charge is -2.13. The Kier molecular flexibility index (Phi) is 4.00. The minimum atomic E-state index is -1.08. The van der Waals surface area contributed by atoms with Crippen LogP contribution in [-0.4, -0.2) is 33.2 Å². The van der Waals surface area contributed by atoms with Crippen LogP contribution in [0.25, 0.3) is 0 Å². The lowest BCUT2D eigenvalue weighted by molar-refractivity contribution is 0.0673. The van der Waals surface area contributed by atoms with Crippen molar-refractivity contribution in [1.29, 1.82) is 0 Å². The number of carboxylic acid groups (broad SMARTS) is 1. The van der Waals surface area contributed by atoms with Crippen LogP contribution in [0.1, 0.15) is 43.1 Å². The third-order valence-electron chi connectivity index (χ3n) is 2.25. The predicted octanol–water partition coefficient (Wildman–Crippen LogP) is 1.34. The molecule has 1 aromatic heterocycles. The van der Waals surface area contributed by atoms with E-state index in [-0.39, 0.29) is 11.8 Å². The molecule has 0 aliphatic heterocycles. The predicted molar refractivity (Wildman–Crippen MR) is 57.2 cm³/mol. The highest BCUT2D eigenvalue weighted by Gasteiger charge is 2.23. The largest absolute Gasteiger partial charge is 0.476 e. The van der Waals surface area contributed by atoms with Gasteiger partial charge in [0, 0.05) is 13.7 Å². The molecule has 6 nitrogen and oxygen atoms in total. The second-order valence-electron chi connectivity index (χ2n) is 4.08. The normalized spacial score (nSPS) is 13.1.